The van der Waals surface area contributed by atoms with Crippen molar-refractivity contribution in [1.29, 1.82) is 0 Å². The molecule has 1 heterocycles. The van der Waals surface area contributed by atoms with E-state index in [9.17, 15) is 9.18 Å². The molecule has 116 valence electrons. The summed E-state index contributed by atoms with van der Waals surface area (Å²) in [6.45, 7) is 4.48. The van der Waals surface area contributed by atoms with Gasteiger partial charge in [0, 0.05) is 5.56 Å². The van der Waals surface area contributed by atoms with Gasteiger partial charge in [0.2, 0.25) is 0 Å². The van der Waals surface area contributed by atoms with E-state index in [2.05, 4.69) is 10.3 Å². The van der Waals surface area contributed by atoms with Gasteiger partial charge < -0.3 is 0 Å². The maximum Gasteiger partial charge on any atom is 0.172 e. The molecular weight excluding hydrogens is 293 g/mol. The number of hydrogen-bond acceptors (Lipinski definition) is 3. The highest BCUT2D eigenvalue weighted by Crippen LogP contribution is 2.24. The largest absolute Gasteiger partial charge is 0.296 e. The number of hydrogen-bond donors (Lipinski definition) is 0. The SMILES string of the molecule is Cc1ccc(-c2c(C=O)nnn2Cc2ccc(F)cc2)cc1C. The Labute approximate surface area is 133 Å². The van der Waals surface area contributed by atoms with Crippen molar-refractivity contribution in [2.24, 2.45) is 0 Å². The predicted molar refractivity (Wildman–Crippen MR) is 85.8 cm³/mol. The number of aromatic nitrogens is 3. The first kappa shape index (κ1) is 15.1. The van der Waals surface area contributed by atoms with Gasteiger partial charge in [-0.05, 0) is 48.7 Å². The third-order valence-corrected chi connectivity index (χ3v) is 3.90. The molecule has 5 heteroatoms. The average molecular weight is 309 g/mol. The van der Waals surface area contributed by atoms with Crippen molar-refractivity contribution in [1.82, 2.24) is 15.0 Å². The van der Waals surface area contributed by atoms with E-state index in [4.69, 9.17) is 0 Å². The third kappa shape index (κ3) is 3.04. The Bertz CT molecular complexity index is 853. The van der Waals surface area contributed by atoms with Crippen LogP contribution in [0.2, 0.25) is 0 Å². The van der Waals surface area contributed by atoms with Gasteiger partial charge in [-0.25, -0.2) is 9.07 Å². The highest BCUT2D eigenvalue weighted by atomic mass is 19.1. The van der Waals surface area contributed by atoms with E-state index in [-0.39, 0.29) is 5.82 Å². The summed E-state index contributed by atoms with van der Waals surface area (Å²) in [6.07, 6.45) is 0.707. The quantitative estimate of drug-likeness (QED) is 0.692. The Morgan fingerprint density at radius 3 is 2.48 bits per heavy atom. The summed E-state index contributed by atoms with van der Waals surface area (Å²) in [6, 6.07) is 12.2. The number of aryl methyl sites for hydroxylation is 2. The van der Waals surface area contributed by atoms with Gasteiger partial charge in [-0.1, -0.05) is 29.5 Å². The van der Waals surface area contributed by atoms with Crippen LogP contribution in [0.3, 0.4) is 0 Å². The van der Waals surface area contributed by atoms with Gasteiger partial charge in [0.1, 0.15) is 5.82 Å². The molecule has 0 aliphatic carbocycles. The van der Waals surface area contributed by atoms with Gasteiger partial charge in [-0.2, -0.15) is 0 Å². The fourth-order valence-corrected chi connectivity index (χ4v) is 2.46. The molecule has 0 saturated carbocycles. The number of aldehydes is 1. The monoisotopic (exact) mass is 309 g/mol. The van der Waals surface area contributed by atoms with Gasteiger partial charge in [0.15, 0.2) is 12.0 Å². The third-order valence-electron chi connectivity index (χ3n) is 3.90. The van der Waals surface area contributed by atoms with Crippen LogP contribution in [-0.2, 0) is 6.54 Å². The lowest BCUT2D eigenvalue weighted by molar-refractivity contribution is 0.111. The molecule has 23 heavy (non-hydrogen) atoms. The average Bonchev–Trinajstić information content (AvgIpc) is 2.95. The molecule has 0 bridgehead atoms. The zero-order valence-corrected chi connectivity index (χ0v) is 13.0. The molecule has 0 fully saturated rings. The normalized spacial score (nSPS) is 10.7. The minimum Gasteiger partial charge on any atom is -0.296 e. The Balaban J connectivity index is 2.04. The Morgan fingerprint density at radius 2 is 1.83 bits per heavy atom. The lowest BCUT2D eigenvalue weighted by atomic mass is 10.0. The van der Waals surface area contributed by atoms with Crippen LogP contribution in [0.25, 0.3) is 11.3 Å². The maximum absolute atomic E-state index is 13.0. The molecule has 3 rings (SSSR count). The minimum atomic E-state index is -0.282. The zero-order valence-electron chi connectivity index (χ0n) is 13.0. The molecule has 2 aromatic carbocycles. The number of benzene rings is 2. The molecule has 1 aromatic heterocycles. The molecule has 0 aliphatic rings. The van der Waals surface area contributed by atoms with Crippen LogP contribution in [0, 0.1) is 19.7 Å². The topological polar surface area (TPSA) is 47.8 Å². The Hall–Kier alpha value is -2.82. The van der Waals surface area contributed by atoms with Crippen molar-refractivity contribution >= 4 is 6.29 Å². The van der Waals surface area contributed by atoms with Crippen molar-refractivity contribution in [2.75, 3.05) is 0 Å². The summed E-state index contributed by atoms with van der Waals surface area (Å²) in [4.78, 5) is 11.3. The van der Waals surface area contributed by atoms with Gasteiger partial charge in [-0.15, -0.1) is 5.10 Å². The second-order valence-electron chi connectivity index (χ2n) is 5.52. The van der Waals surface area contributed by atoms with Crippen molar-refractivity contribution in [2.45, 2.75) is 20.4 Å². The molecule has 0 N–H and O–H groups in total. The Morgan fingerprint density at radius 1 is 1.09 bits per heavy atom. The number of nitrogens with zero attached hydrogens (tertiary/aromatic N) is 3. The summed E-state index contributed by atoms with van der Waals surface area (Å²) in [5.41, 5.74) is 5.07. The molecule has 0 saturated heterocycles. The summed E-state index contributed by atoms with van der Waals surface area (Å²) < 4.78 is 14.7. The number of rotatable bonds is 4. The molecule has 0 spiro atoms. The predicted octanol–water partition coefficient (Wildman–Crippen LogP) is 3.56. The molecule has 0 unspecified atom stereocenters. The molecular formula is C18H16FN3O. The van der Waals surface area contributed by atoms with Crippen molar-refractivity contribution < 1.29 is 9.18 Å². The van der Waals surface area contributed by atoms with Crippen LogP contribution in [0.1, 0.15) is 27.2 Å². The molecule has 0 aliphatic heterocycles. The van der Waals surface area contributed by atoms with E-state index < -0.39 is 0 Å². The smallest absolute Gasteiger partial charge is 0.172 e. The first-order valence-electron chi connectivity index (χ1n) is 7.29. The minimum absolute atomic E-state index is 0.282. The molecule has 3 aromatic rings. The van der Waals surface area contributed by atoms with E-state index in [0.717, 1.165) is 16.7 Å². The van der Waals surface area contributed by atoms with Crippen LogP contribution in [0.4, 0.5) is 4.39 Å². The highest BCUT2D eigenvalue weighted by Gasteiger charge is 2.15. The first-order chi connectivity index (χ1) is 11.1. The van der Waals surface area contributed by atoms with Crippen LogP contribution in [0.15, 0.2) is 42.5 Å². The van der Waals surface area contributed by atoms with Crippen molar-refractivity contribution in [3.8, 4) is 11.3 Å². The number of carbonyl (C=O) groups is 1. The number of halogens is 1. The fraction of sp³-hybridized carbons (Fsp3) is 0.167. The van der Waals surface area contributed by atoms with Gasteiger partial charge in [-0.3, -0.25) is 4.79 Å². The van der Waals surface area contributed by atoms with E-state index in [1.807, 2.05) is 32.0 Å². The van der Waals surface area contributed by atoms with E-state index in [0.29, 0.717) is 24.2 Å². The van der Waals surface area contributed by atoms with Crippen LogP contribution in [-0.4, -0.2) is 21.3 Å². The Kier molecular flexibility index (Phi) is 4.02. The maximum atomic E-state index is 13.0. The lowest BCUT2D eigenvalue weighted by Gasteiger charge is -2.09. The van der Waals surface area contributed by atoms with E-state index in [1.54, 1.807) is 16.8 Å². The first-order valence-corrected chi connectivity index (χ1v) is 7.29. The lowest BCUT2D eigenvalue weighted by Crippen LogP contribution is -2.05. The van der Waals surface area contributed by atoms with Crippen LogP contribution < -0.4 is 0 Å². The van der Waals surface area contributed by atoms with Crippen molar-refractivity contribution in [3.05, 3.63) is 70.7 Å². The van der Waals surface area contributed by atoms with Gasteiger partial charge in [0.25, 0.3) is 0 Å². The summed E-state index contributed by atoms with van der Waals surface area (Å²) in [5, 5.41) is 8.02. The second kappa shape index (κ2) is 6.12. The van der Waals surface area contributed by atoms with Crippen molar-refractivity contribution in [3.63, 3.8) is 0 Å². The fourth-order valence-electron chi connectivity index (χ4n) is 2.46. The summed E-state index contributed by atoms with van der Waals surface area (Å²) in [7, 11) is 0. The highest BCUT2D eigenvalue weighted by molar-refractivity contribution is 5.83. The molecule has 0 amide bonds. The molecule has 0 atom stereocenters. The zero-order chi connectivity index (χ0) is 16.4. The van der Waals surface area contributed by atoms with Gasteiger partial charge in [0.05, 0.1) is 12.2 Å². The van der Waals surface area contributed by atoms with Gasteiger partial charge >= 0.3 is 0 Å². The standard InChI is InChI=1S/C18H16FN3O/c1-12-3-6-15(9-13(12)2)18-17(11-23)20-21-22(18)10-14-4-7-16(19)8-5-14/h3-9,11H,10H2,1-2H3. The molecule has 0 radical (unpaired) electrons. The number of carbonyl (C=O) groups excluding carboxylic acids is 1. The molecule has 4 nitrogen and oxygen atoms in total. The summed E-state index contributed by atoms with van der Waals surface area (Å²) >= 11 is 0. The second-order valence-corrected chi connectivity index (χ2v) is 5.52. The van der Waals surface area contributed by atoms with E-state index in [1.165, 1.54) is 17.7 Å². The summed E-state index contributed by atoms with van der Waals surface area (Å²) in [5.74, 6) is -0.282. The van der Waals surface area contributed by atoms with E-state index >= 15 is 0 Å². The van der Waals surface area contributed by atoms with Crippen LogP contribution in [0.5, 0.6) is 0 Å². The van der Waals surface area contributed by atoms with Crippen LogP contribution >= 0.6 is 0 Å².